The van der Waals surface area contributed by atoms with Gasteiger partial charge < -0.3 is 5.73 Å². The zero-order valence-electron chi connectivity index (χ0n) is 9.34. The Hall–Kier alpha value is -1.13. The molecule has 0 aliphatic carbocycles. The van der Waals surface area contributed by atoms with Crippen LogP contribution in [0, 0.1) is 5.82 Å². The van der Waals surface area contributed by atoms with Crippen molar-refractivity contribution in [3.8, 4) is 0 Å². The van der Waals surface area contributed by atoms with Crippen molar-refractivity contribution < 1.29 is 4.39 Å². The van der Waals surface area contributed by atoms with Crippen LogP contribution in [0.5, 0.6) is 0 Å². The average Bonchev–Trinajstić information content (AvgIpc) is 2.64. The quantitative estimate of drug-likeness (QED) is 0.924. The second kappa shape index (κ2) is 5.02. The van der Waals surface area contributed by atoms with Crippen LogP contribution in [0.4, 0.5) is 9.52 Å². The van der Waals surface area contributed by atoms with E-state index in [1.165, 1.54) is 17.4 Å². The van der Waals surface area contributed by atoms with Gasteiger partial charge in [0.2, 0.25) is 0 Å². The van der Waals surface area contributed by atoms with Crippen LogP contribution in [0.2, 0.25) is 5.02 Å². The standard InChI is InChI=1S/C12H12ClFN2S/c1-2-10-11(17-12(15)16-10)6-7-3-4-9(14)8(13)5-7/h3-5H,2,6H2,1H3,(H2,15,16). The number of hydrogen-bond donors (Lipinski definition) is 1. The van der Waals surface area contributed by atoms with Gasteiger partial charge in [-0.1, -0.05) is 24.6 Å². The molecule has 1 heterocycles. The van der Waals surface area contributed by atoms with Crippen LogP contribution in [0.1, 0.15) is 23.1 Å². The molecule has 0 aliphatic rings. The Kier molecular flexibility index (Phi) is 3.64. The number of aryl methyl sites for hydroxylation is 1. The lowest BCUT2D eigenvalue weighted by atomic mass is 10.1. The van der Waals surface area contributed by atoms with Crippen molar-refractivity contribution in [2.24, 2.45) is 0 Å². The van der Waals surface area contributed by atoms with E-state index < -0.39 is 5.82 Å². The SMILES string of the molecule is CCc1nc(N)sc1Cc1ccc(F)c(Cl)c1. The Morgan fingerprint density at radius 1 is 1.47 bits per heavy atom. The number of nitrogens with zero attached hydrogens (tertiary/aromatic N) is 1. The van der Waals surface area contributed by atoms with E-state index in [0.29, 0.717) is 11.6 Å². The molecular weight excluding hydrogens is 259 g/mol. The topological polar surface area (TPSA) is 38.9 Å². The van der Waals surface area contributed by atoms with Crippen molar-refractivity contribution >= 4 is 28.1 Å². The van der Waals surface area contributed by atoms with E-state index in [1.54, 1.807) is 12.1 Å². The second-order valence-corrected chi connectivity index (χ2v) is 5.22. The molecule has 0 unspecified atom stereocenters. The Morgan fingerprint density at radius 3 is 2.88 bits per heavy atom. The fraction of sp³-hybridized carbons (Fsp3) is 0.250. The van der Waals surface area contributed by atoms with E-state index in [2.05, 4.69) is 4.98 Å². The number of halogens is 2. The molecule has 1 aromatic heterocycles. The van der Waals surface area contributed by atoms with E-state index in [0.717, 1.165) is 22.6 Å². The summed E-state index contributed by atoms with van der Waals surface area (Å²) >= 11 is 7.22. The third-order valence-corrected chi connectivity index (χ3v) is 3.69. The highest BCUT2D eigenvalue weighted by atomic mass is 35.5. The van der Waals surface area contributed by atoms with Crippen LogP contribution in [0.15, 0.2) is 18.2 Å². The summed E-state index contributed by atoms with van der Waals surface area (Å²) in [6.45, 7) is 2.04. The maximum absolute atomic E-state index is 13.0. The number of benzene rings is 1. The van der Waals surface area contributed by atoms with E-state index in [9.17, 15) is 4.39 Å². The fourth-order valence-electron chi connectivity index (χ4n) is 1.65. The zero-order chi connectivity index (χ0) is 12.4. The number of anilines is 1. The predicted octanol–water partition coefficient (Wildman–Crippen LogP) is 3.67. The maximum Gasteiger partial charge on any atom is 0.180 e. The van der Waals surface area contributed by atoms with Gasteiger partial charge in [0.15, 0.2) is 5.13 Å². The van der Waals surface area contributed by atoms with Gasteiger partial charge in [-0.15, -0.1) is 11.3 Å². The largest absolute Gasteiger partial charge is 0.375 e. The van der Waals surface area contributed by atoms with E-state index in [4.69, 9.17) is 17.3 Å². The average molecular weight is 271 g/mol. The summed E-state index contributed by atoms with van der Waals surface area (Å²) in [6.07, 6.45) is 1.54. The minimum absolute atomic E-state index is 0.151. The lowest BCUT2D eigenvalue weighted by Gasteiger charge is -2.02. The first-order valence-electron chi connectivity index (χ1n) is 5.28. The molecule has 0 saturated carbocycles. The van der Waals surface area contributed by atoms with Gasteiger partial charge in [-0.3, -0.25) is 0 Å². The first kappa shape index (κ1) is 12.3. The maximum atomic E-state index is 13.0. The number of hydrogen-bond acceptors (Lipinski definition) is 3. The van der Waals surface area contributed by atoms with Gasteiger partial charge in [0.05, 0.1) is 10.7 Å². The summed E-state index contributed by atoms with van der Waals surface area (Å²) in [7, 11) is 0. The highest BCUT2D eigenvalue weighted by Crippen LogP contribution is 2.25. The number of rotatable bonds is 3. The van der Waals surface area contributed by atoms with Crippen LogP contribution in [-0.2, 0) is 12.8 Å². The highest BCUT2D eigenvalue weighted by Gasteiger charge is 2.09. The Balaban J connectivity index is 2.27. The Bertz CT molecular complexity index is 539. The second-order valence-electron chi connectivity index (χ2n) is 3.70. The van der Waals surface area contributed by atoms with Crippen molar-refractivity contribution in [3.63, 3.8) is 0 Å². The minimum Gasteiger partial charge on any atom is -0.375 e. The van der Waals surface area contributed by atoms with Gasteiger partial charge in [-0.05, 0) is 24.1 Å². The molecule has 1 aromatic carbocycles. The molecule has 2 rings (SSSR count). The lowest BCUT2D eigenvalue weighted by Crippen LogP contribution is -1.92. The molecular formula is C12H12ClFN2S. The number of nitrogens with two attached hydrogens (primary N) is 1. The van der Waals surface area contributed by atoms with Crippen molar-refractivity contribution in [2.45, 2.75) is 19.8 Å². The summed E-state index contributed by atoms with van der Waals surface area (Å²) in [4.78, 5) is 5.37. The van der Waals surface area contributed by atoms with Gasteiger partial charge >= 0.3 is 0 Å². The molecule has 0 spiro atoms. The molecule has 0 fully saturated rings. The van der Waals surface area contributed by atoms with Gasteiger partial charge in [0, 0.05) is 11.3 Å². The highest BCUT2D eigenvalue weighted by molar-refractivity contribution is 7.15. The van der Waals surface area contributed by atoms with Gasteiger partial charge in [0.25, 0.3) is 0 Å². The van der Waals surface area contributed by atoms with Gasteiger partial charge in [0.1, 0.15) is 5.82 Å². The first-order valence-corrected chi connectivity index (χ1v) is 6.47. The molecule has 2 nitrogen and oxygen atoms in total. The van der Waals surface area contributed by atoms with Crippen LogP contribution in [0.3, 0.4) is 0 Å². The molecule has 5 heteroatoms. The summed E-state index contributed by atoms with van der Waals surface area (Å²) < 4.78 is 13.0. The summed E-state index contributed by atoms with van der Waals surface area (Å²) in [5.41, 5.74) is 7.66. The smallest absolute Gasteiger partial charge is 0.180 e. The van der Waals surface area contributed by atoms with Crippen LogP contribution in [0.25, 0.3) is 0 Å². The number of aromatic nitrogens is 1. The summed E-state index contributed by atoms with van der Waals surface area (Å²) in [5, 5.41) is 0.725. The third-order valence-electron chi connectivity index (χ3n) is 2.48. The van der Waals surface area contributed by atoms with E-state index in [-0.39, 0.29) is 5.02 Å². The monoisotopic (exact) mass is 270 g/mol. The molecule has 2 N–H and O–H groups in total. The summed E-state index contributed by atoms with van der Waals surface area (Å²) in [6, 6.07) is 4.76. The first-order chi connectivity index (χ1) is 8.10. The molecule has 0 aliphatic heterocycles. The normalized spacial score (nSPS) is 10.8. The third kappa shape index (κ3) is 2.76. The van der Waals surface area contributed by atoms with Crippen molar-refractivity contribution in [1.29, 1.82) is 0 Å². The summed E-state index contributed by atoms with van der Waals surface area (Å²) in [5.74, 6) is -0.394. The molecule has 0 bridgehead atoms. The zero-order valence-corrected chi connectivity index (χ0v) is 10.9. The van der Waals surface area contributed by atoms with E-state index >= 15 is 0 Å². The van der Waals surface area contributed by atoms with Gasteiger partial charge in [-0.25, -0.2) is 9.37 Å². The minimum atomic E-state index is -0.394. The molecule has 2 aromatic rings. The van der Waals surface area contributed by atoms with Crippen LogP contribution < -0.4 is 5.73 Å². The van der Waals surface area contributed by atoms with Crippen LogP contribution in [-0.4, -0.2) is 4.98 Å². The number of thiazole rings is 1. The fourth-order valence-corrected chi connectivity index (χ4v) is 2.81. The molecule has 0 radical (unpaired) electrons. The lowest BCUT2D eigenvalue weighted by molar-refractivity contribution is 0.627. The Morgan fingerprint density at radius 2 is 2.24 bits per heavy atom. The Labute approximate surface area is 108 Å². The van der Waals surface area contributed by atoms with Crippen molar-refractivity contribution in [3.05, 3.63) is 45.2 Å². The predicted molar refractivity (Wildman–Crippen MR) is 70.1 cm³/mol. The molecule has 17 heavy (non-hydrogen) atoms. The molecule has 0 saturated heterocycles. The molecule has 90 valence electrons. The van der Waals surface area contributed by atoms with Crippen molar-refractivity contribution in [2.75, 3.05) is 5.73 Å². The van der Waals surface area contributed by atoms with Crippen molar-refractivity contribution in [1.82, 2.24) is 4.98 Å². The van der Waals surface area contributed by atoms with Gasteiger partial charge in [-0.2, -0.15) is 0 Å². The molecule has 0 atom stereocenters. The number of nitrogen functional groups attached to an aromatic ring is 1. The van der Waals surface area contributed by atoms with E-state index in [1.807, 2.05) is 6.92 Å². The van der Waals surface area contributed by atoms with Crippen LogP contribution >= 0.6 is 22.9 Å². The molecule has 0 amide bonds.